The Morgan fingerprint density at radius 1 is 1.40 bits per heavy atom. The van der Waals surface area contributed by atoms with Crippen molar-refractivity contribution in [2.45, 2.75) is 57.2 Å². The molecule has 0 aromatic carbocycles. The highest BCUT2D eigenvalue weighted by molar-refractivity contribution is 5.02. The van der Waals surface area contributed by atoms with E-state index in [0.29, 0.717) is 11.7 Å². The first-order chi connectivity index (χ1) is 4.87. The molecule has 0 radical (unpaired) electrons. The summed E-state index contributed by atoms with van der Waals surface area (Å²) in [5, 5.41) is 0. The van der Waals surface area contributed by atoms with Gasteiger partial charge in [0.2, 0.25) is 0 Å². The second-order valence-corrected chi connectivity index (χ2v) is 3.62. The molecule has 1 nitrogen and oxygen atoms in total. The van der Waals surface area contributed by atoms with Crippen LogP contribution < -0.4 is 0 Å². The minimum absolute atomic E-state index is 0.372. The van der Waals surface area contributed by atoms with Gasteiger partial charge in [-0.05, 0) is 19.3 Å². The number of ether oxygens (including phenoxy) is 1. The quantitative estimate of drug-likeness (QED) is 0.510. The van der Waals surface area contributed by atoms with Crippen molar-refractivity contribution in [1.82, 2.24) is 0 Å². The molecule has 1 heterocycles. The summed E-state index contributed by atoms with van der Waals surface area (Å²) < 4.78 is 5.69. The summed E-state index contributed by atoms with van der Waals surface area (Å²) in [6.07, 6.45) is 8.76. The van der Waals surface area contributed by atoms with Gasteiger partial charge in [0.25, 0.3) is 0 Å². The average Bonchev–Trinajstić information content (AvgIpc) is 2.59. The van der Waals surface area contributed by atoms with Gasteiger partial charge in [-0.15, -0.1) is 0 Å². The molecule has 1 heteroatoms. The van der Waals surface area contributed by atoms with E-state index in [1.165, 1.54) is 38.5 Å². The summed E-state index contributed by atoms with van der Waals surface area (Å²) in [7, 11) is 0. The lowest BCUT2D eigenvalue weighted by Gasteiger charge is -2.05. The fourth-order valence-corrected chi connectivity index (χ4v) is 2.21. The number of fused-ring (bicyclic) bond motifs is 1. The van der Waals surface area contributed by atoms with Crippen LogP contribution in [0.1, 0.15) is 45.4 Å². The Morgan fingerprint density at radius 2 is 2.30 bits per heavy atom. The predicted octanol–water partition coefficient (Wildman–Crippen LogP) is 2.50. The Labute approximate surface area is 62.8 Å². The molecule has 1 saturated carbocycles. The van der Waals surface area contributed by atoms with Gasteiger partial charge in [-0.25, -0.2) is 0 Å². The van der Waals surface area contributed by atoms with Gasteiger partial charge in [-0.2, -0.15) is 0 Å². The Bertz CT molecular complexity index is 131. The van der Waals surface area contributed by atoms with E-state index < -0.39 is 0 Å². The van der Waals surface area contributed by atoms with Gasteiger partial charge in [0.05, 0.1) is 11.7 Å². The van der Waals surface area contributed by atoms with Crippen molar-refractivity contribution in [3.8, 4) is 0 Å². The zero-order valence-electron chi connectivity index (χ0n) is 6.73. The first kappa shape index (κ1) is 6.66. The van der Waals surface area contributed by atoms with Crippen LogP contribution in [-0.4, -0.2) is 11.7 Å². The smallest absolute Gasteiger partial charge is 0.0945 e. The maximum absolute atomic E-state index is 5.69. The third-order valence-electron chi connectivity index (χ3n) is 3.07. The summed E-state index contributed by atoms with van der Waals surface area (Å²) >= 11 is 0. The van der Waals surface area contributed by atoms with Crippen LogP contribution in [0.15, 0.2) is 0 Å². The lowest BCUT2D eigenvalue weighted by molar-refractivity contribution is 0.257. The van der Waals surface area contributed by atoms with Gasteiger partial charge in [-0.1, -0.05) is 26.2 Å². The fourth-order valence-electron chi connectivity index (χ4n) is 2.21. The van der Waals surface area contributed by atoms with Crippen molar-refractivity contribution in [3.05, 3.63) is 0 Å². The Hall–Kier alpha value is -0.0400. The molecule has 0 amide bonds. The van der Waals surface area contributed by atoms with Crippen molar-refractivity contribution < 1.29 is 4.74 Å². The van der Waals surface area contributed by atoms with Crippen LogP contribution in [-0.2, 0) is 4.74 Å². The molecule has 58 valence electrons. The van der Waals surface area contributed by atoms with Crippen LogP contribution in [0.3, 0.4) is 0 Å². The molecule has 0 spiro atoms. The van der Waals surface area contributed by atoms with Crippen molar-refractivity contribution in [3.63, 3.8) is 0 Å². The van der Waals surface area contributed by atoms with Crippen LogP contribution in [0.5, 0.6) is 0 Å². The van der Waals surface area contributed by atoms with Crippen LogP contribution in [0.25, 0.3) is 0 Å². The van der Waals surface area contributed by atoms with E-state index in [4.69, 9.17) is 4.74 Å². The molecule has 1 aliphatic carbocycles. The van der Waals surface area contributed by atoms with E-state index in [0.717, 1.165) is 0 Å². The van der Waals surface area contributed by atoms with Crippen LogP contribution in [0, 0.1) is 0 Å². The highest BCUT2D eigenvalue weighted by Gasteiger charge is 2.54. The van der Waals surface area contributed by atoms with Crippen molar-refractivity contribution in [1.29, 1.82) is 0 Å². The molecule has 2 fully saturated rings. The lowest BCUT2D eigenvalue weighted by Crippen LogP contribution is -2.11. The van der Waals surface area contributed by atoms with Crippen molar-refractivity contribution in [2.75, 3.05) is 0 Å². The summed E-state index contributed by atoms with van der Waals surface area (Å²) in [6.45, 7) is 2.26. The second kappa shape index (κ2) is 2.23. The zero-order valence-corrected chi connectivity index (χ0v) is 6.73. The van der Waals surface area contributed by atoms with E-state index in [-0.39, 0.29) is 0 Å². The van der Waals surface area contributed by atoms with E-state index >= 15 is 0 Å². The average molecular weight is 140 g/mol. The van der Waals surface area contributed by atoms with Crippen molar-refractivity contribution in [2.24, 2.45) is 0 Å². The third kappa shape index (κ3) is 0.878. The maximum atomic E-state index is 5.69. The molecule has 0 bridgehead atoms. The van der Waals surface area contributed by atoms with E-state index in [2.05, 4.69) is 6.92 Å². The minimum atomic E-state index is 0.372. The highest BCUT2D eigenvalue weighted by Crippen LogP contribution is 2.48. The molecule has 1 saturated heterocycles. The topological polar surface area (TPSA) is 12.5 Å². The summed E-state index contributed by atoms with van der Waals surface area (Å²) in [6, 6.07) is 0. The lowest BCUT2D eigenvalue weighted by atomic mass is 9.97. The fraction of sp³-hybridized carbons (Fsp3) is 1.00. The third-order valence-corrected chi connectivity index (χ3v) is 3.07. The molecule has 2 rings (SSSR count). The molecular formula is C9H16O. The summed E-state index contributed by atoms with van der Waals surface area (Å²) in [5.74, 6) is 0. The van der Waals surface area contributed by atoms with E-state index in [9.17, 15) is 0 Å². The van der Waals surface area contributed by atoms with Crippen LogP contribution >= 0.6 is 0 Å². The van der Waals surface area contributed by atoms with Gasteiger partial charge in [-0.3, -0.25) is 0 Å². The molecule has 2 atom stereocenters. The molecule has 1 aliphatic heterocycles. The standard InChI is InChI=1S/C9H16O/c1-2-9-7-5-3-4-6-8(9)10-9/h8H,2-7H2,1H3. The number of rotatable bonds is 1. The number of hydrogen-bond acceptors (Lipinski definition) is 1. The monoisotopic (exact) mass is 140 g/mol. The predicted molar refractivity (Wildman–Crippen MR) is 41.0 cm³/mol. The SMILES string of the molecule is CCC12CCCCCC1O2. The number of hydrogen-bond donors (Lipinski definition) is 0. The van der Waals surface area contributed by atoms with E-state index in [1.807, 2.05) is 0 Å². The molecule has 10 heavy (non-hydrogen) atoms. The van der Waals surface area contributed by atoms with E-state index in [1.54, 1.807) is 0 Å². The maximum Gasteiger partial charge on any atom is 0.0945 e. The van der Waals surface area contributed by atoms with Gasteiger partial charge in [0.15, 0.2) is 0 Å². The van der Waals surface area contributed by atoms with Crippen molar-refractivity contribution >= 4 is 0 Å². The normalized spacial score (nSPS) is 45.9. The zero-order chi connectivity index (χ0) is 7.03. The highest BCUT2D eigenvalue weighted by atomic mass is 16.6. The molecule has 0 aromatic heterocycles. The Balaban J connectivity index is 1.99. The second-order valence-electron chi connectivity index (χ2n) is 3.62. The molecule has 0 aromatic rings. The van der Waals surface area contributed by atoms with Gasteiger partial charge < -0.3 is 4.74 Å². The van der Waals surface area contributed by atoms with Crippen LogP contribution in [0.2, 0.25) is 0 Å². The van der Waals surface area contributed by atoms with Gasteiger partial charge >= 0.3 is 0 Å². The molecule has 2 aliphatic rings. The van der Waals surface area contributed by atoms with Gasteiger partial charge in [0.1, 0.15) is 0 Å². The molecule has 0 N–H and O–H groups in total. The first-order valence-corrected chi connectivity index (χ1v) is 4.55. The first-order valence-electron chi connectivity index (χ1n) is 4.55. The summed E-state index contributed by atoms with van der Waals surface area (Å²) in [4.78, 5) is 0. The van der Waals surface area contributed by atoms with Gasteiger partial charge in [0, 0.05) is 0 Å². The minimum Gasteiger partial charge on any atom is -0.366 e. The largest absolute Gasteiger partial charge is 0.366 e. The molecule has 2 unspecified atom stereocenters. The molecular weight excluding hydrogens is 124 g/mol. The van der Waals surface area contributed by atoms with Crippen LogP contribution in [0.4, 0.5) is 0 Å². The number of epoxide rings is 1. The summed E-state index contributed by atoms with van der Waals surface area (Å²) in [5.41, 5.74) is 0.372. The Kier molecular flexibility index (Phi) is 1.48. The Morgan fingerprint density at radius 3 is 3.10 bits per heavy atom.